The van der Waals surface area contributed by atoms with Crippen LogP contribution in [0.3, 0.4) is 0 Å². The number of aryl methyl sites for hydroxylation is 2. The minimum absolute atomic E-state index is 0.538. The fourth-order valence-electron chi connectivity index (χ4n) is 7.73. The lowest BCUT2D eigenvalue weighted by molar-refractivity contribution is 0.306. The first-order valence-electron chi connectivity index (χ1n) is 21.7. The molecular formula is C53H66O2. The number of ether oxygens (including phenoxy) is 2. The maximum Gasteiger partial charge on any atom is 0.119 e. The van der Waals surface area contributed by atoms with Gasteiger partial charge in [0.1, 0.15) is 11.5 Å². The van der Waals surface area contributed by atoms with Crippen molar-refractivity contribution in [2.24, 2.45) is 11.8 Å². The summed E-state index contributed by atoms with van der Waals surface area (Å²) in [6.07, 6.45) is 18.2. The van der Waals surface area contributed by atoms with Gasteiger partial charge in [-0.05, 0) is 155 Å². The Morgan fingerprint density at radius 2 is 0.873 bits per heavy atom. The molecule has 0 amide bonds. The third-order valence-corrected chi connectivity index (χ3v) is 11.4. The van der Waals surface area contributed by atoms with Crippen LogP contribution in [0.5, 0.6) is 11.5 Å². The smallest absolute Gasteiger partial charge is 0.119 e. The van der Waals surface area contributed by atoms with Gasteiger partial charge < -0.3 is 9.47 Å². The lowest BCUT2D eigenvalue weighted by Crippen LogP contribution is -2.12. The average molecular weight is 735 g/mol. The molecule has 2 aliphatic rings. The van der Waals surface area contributed by atoms with Crippen molar-refractivity contribution >= 4 is 0 Å². The Labute approximate surface area is 334 Å². The first-order valence-corrected chi connectivity index (χ1v) is 21.7. The number of benzene rings is 4. The zero-order valence-corrected chi connectivity index (χ0v) is 34.4. The number of hydrogen-bond acceptors (Lipinski definition) is 2. The van der Waals surface area contributed by atoms with Crippen LogP contribution < -0.4 is 9.47 Å². The Morgan fingerprint density at radius 1 is 0.473 bits per heavy atom. The summed E-state index contributed by atoms with van der Waals surface area (Å²) >= 11 is 0. The van der Waals surface area contributed by atoms with E-state index in [1.807, 2.05) is 24.3 Å². The van der Waals surface area contributed by atoms with Crippen LogP contribution in [0, 0.1) is 42.4 Å². The molecular weight excluding hydrogens is 669 g/mol. The summed E-state index contributed by atoms with van der Waals surface area (Å²) in [6, 6.07) is 34.9. The van der Waals surface area contributed by atoms with E-state index in [0.29, 0.717) is 23.7 Å². The van der Waals surface area contributed by atoms with Crippen molar-refractivity contribution in [3.8, 4) is 35.2 Å². The van der Waals surface area contributed by atoms with E-state index in [0.717, 1.165) is 55.1 Å². The van der Waals surface area contributed by atoms with Crippen molar-refractivity contribution in [2.75, 3.05) is 13.2 Å². The molecule has 4 aromatic rings. The molecule has 6 rings (SSSR count). The van der Waals surface area contributed by atoms with E-state index in [-0.39, 0.29) is 0 Å². The monoisotopic (exact) mass is 735 g/mol. The molecule has 0 unspecified atom stereocenters. The minimum Gasteiger partial charge on any atom is -0.494 e. The van der Waals surface area contributed by atoms with Crippen molar-refractivity contribution in [1.82, 2.24) is 0 Å². The van der Waals surface area contributed by atoms with Gasteiger partial charge in [0.25, 0.3) is 0 Å². The van der Waals surface area contributed by atoms with Crippen molar-refractivity contribution in [2.45, 2.75) is 136 Å². The minimum atomic E-state index is 0.538. The van der Waals surface area contributed by atoms with Crippen LogP contribution in [0.2, 0.25) is 0 Å². The summed E-state index contributed by atoms with van der Waals surface area (Å²) in [5.41, 5.74) is 7.98. The first-order chi connectivity index (χ1) is 27.0. The Hall–Kier alpha value is -4.40. The maximum absolute atomic E-state index is 5.78. The summed E-state index contributed by atoms with van der Waals surface area (Å²) in [5, 5.41) is 0. The summed E-state index contributed by atoms with van der Waals surface area (Å²) in [5.74, 6) is 18.2. The maximum atomic E-state index is 5.78. The molecule has 2 nitrogen and oxygen atoms in total. The largest absolute Gasteiger partial charge is 0.494 e. The van der Waals surface area contributed by atoms with Gasteiger partial charge >= 0.3 is 0 Å². The predicted molar refractivity (Wildman–Crippen MR) is 233 cm³/mol. The summed E-state index contributed by atoms with van der Waals surface area (Å²) in [6.45, 7) is 10.4. The SMILES string of the molecule is CCCCCOc1ccc(C#CC2CCC(c3ccc(C)cc3)CC2)cc1.CCCCCOc1ccc(C#CC2CCC(c3ccc(CC)cc3)CC2)cc1. The Bertz CT molecular complexity index is 1760. The number of unbranched alkanes of at least 4 members (excludes halogenated alkanes) is 4. The molecule has 0 N–H and O–H groups in total. The fourth-order valence-corrected chi connectivity index (χ4v) is 7.73. The van der Waals surface area contributed by atoms with Crippen molar-refractivity contribution < 1.29 is 9.47 Å². The van der Waals surface area contributed by atoms with E-state index in [2.05, 4.69) is 124 Å². The zero-order valence-electron chi connectivity index (χ0n) is 34.4. The van der Waals surface area contributed by atoms with Crippen LogP contribution >= 0.6 is 0 Å². The quantitative estimate of drug-likeness (QED) is 0.101. The van der Waals surface area contributed by atoms with E-state index in [1.165, 1.54) is 99.3 Å². The van der Waals surface area contributed by atoms with Gasteiger partial charge in [-0.2, -0.15) is 0 Å². The van der Waals surface area contributed by atoms with Crippen LogP contribution in [-0.4, -0.2) is 13.2 Å². The molecule has 0 radical (unpaired) electrons. The van der Waals surface area contributed by atoms with Gasteiger partial charge in [-0.1, -0.05) is 124 Å². The summed E-state index contributed by atoms with van der Waals surface area (Å²) in [7, 11) is 0. The standard InChI is InChI=1S/C27H34O.C26H32O/c1-3-5-6-21-28-27-19-13-24(14-20-27)8-7-23-11-17-26(18-12-23)25-15-9-22(4-2)10-16-25;1-3-4-5-20-27-26-18-12-23(13-19-26)9-8-22-10-16-25(17-11-22)24-14-6-21(2)7-15-24/h9-10,13-16,19-20,23,26H,3-6,11-12,17-18,21H2,1-2H3;6-7,12-15,18-19,22,25H,3-5,10-11,16-17,20H2,1-2H3. The molecule has 2 fully saturated rings. The molecule has 0 spiro atoms. The van der Waals surface area contributed by atoms with Crippen LogP contribution in [-0.2, 0) is 6.42 Å². The number of hydrogen-bond donors (Lipinski definition) is 0. The van der Waals surface area contributed by atoms with E-state index < -0.39 is 0 Å². The number of rotatable bonds is 13. The van der Waals surface area contributed by atoms with Crippen LogP contribution in [0.25, 0.3) is 0 Å². The van der Waals surface area contributed by atoms with Gasteiger partial charge in [-0.15, -0.1) is 0 Å². The molecule has 0 heterocycles. The zero-order chi connectivity index (χ0) is 38.5. The topological polar surface area (TPSA) is 18.5 Å². The molecule has 0 saturated heterocycles. The van der Waals surface area contributed by atoms with Gasteiger partial charge in [0.05, 0.1) is 13.2 Å². The Balaban J connectivity index is 0.000000211. The lowest BCUT2D eigenvalue weighted by Gasteiger charge is -2.26. The Morgan fingerprint density at radius 3 is 1.25 bits per heavy atom. The van der Waals surface area contributed by atoms with Crippen molar-refractivity contribution in [3.63, 3.8) is 0 Å². The molecule has 55 heavy (non-hydrogen) atoms. The van der Waals surface area contributed by atoms with Gasteiger partial charge in [-0.25, -0.2) is 0 Å². The normalized spacial score (nSPS) is 19.1. The second kappa shape index (κ2) is 23.5. The van der Waals surface area contributed by atoms with Crippen molar-refractivity contribution in [3.05, 3.63) is 130 Å². The molecule has 2 aliphatic carbocycles. The first kappa shape index (κ1) is 41.8. The van der Waals surface area contributed by atoms with E-state index in [4.69, 9.17) is 9.47 Å². The lowest BCUT2D eigenvalue weighted by atomic mass is 9.79. The molecule has 0 aliphatic heterocycles. The van der Waals surface area contributed by atoms with Gasteiger partial charge in [0.15, 0.2) is 0 Å². The van der Waals surface area contributed by atoms with E-state index in [9.17, 15) is 0 Å². The van der Waals surface area contributed by atoms with Gasteiger partial charge in [-0.3, -0.25) is 0 Å². The summed E-state index contributed by atoms with van der Waals surface area (Å²) < 4.78 is 11.5. The molecule has 2 saturated carbocycles. The fraction of sp³-hybridized carbons (Fsp3) is 0.472. The third-order valence-electron chi connectivity index (χ3n) is 11.4. The van der Waals surface area contributed by atoms with Crippen LogP contribution in [0.15, 0.2) is 97.1 Å². The Kier molecular flexibility index (Phi) is 17.8. The second-order valence-electron chi connectivity index (χ2n) is 15.8. The van der Waals surface area contributed by atoms with Crippen LogP contribution in [0.4, 0.5) is 0 Å². The average Bonchev–Trinajstić information content (AvgIpc) is 3.24. The molecule has 2 heteroatoms. The van der Waals surface area contributed by atoms with E-state index >= 15 is 0 Å². The van der Waals surface area contributed by atoms with Crippen molar-refractivity contribution in [1.29, 1.82) is 0 Å². The molecule has 0 aromatic heterocycles. The predicted octanol–water partition coefficient (Wildman–Crippen LogP) is 14.0. The van der Waals surface area contributed by atoms with E-state index in [1.54, 1.807) is 0 Å². The highest BCUT2D eigenvalue weighted by Crippen LogP contribution is 2.37. The highest BCUT2D eigenvalue weighted by atomic mass is 16.5. The second-order valence-corrected chi connectivity index (χ2v) is 15.8. The summed E-state index contributed by atoms with van der Waals surface area (Å²) in [4.78, 5) is 0. The highest BCUT2D eigenvalue weighted by molar-refractivity contribution is 5.40. The molecule has 4 aromatic carbocycles. The third kappa shape index (κ3) is 14.6. The van der Waals surface area contributed by atoms with Gasteiger partial charge in [0, 0.05) is 23.0 Å². The molecule has 0 bridgehead atoms. The van der Waals surface area contributed by atoms with Crippen LogP contribution in [0.1, 0.15) is 156 Å². The molecule has 290 valence electrons. The highest BCUT2D eigenvalue weighted by Gasteiger charge is 2.22. The molecule has 0 atom stereocenters. The van der Waals surface area contributed by atoms with Gasteiger partial charge in [0.2, 0.25) is 0 Å².